The van der Waals surface area contributed by atoms with E-state index in [0.717, 1.165) is 8.78 Å². The summed E-state index contributed by atoms with van der Waals surface area (Å²) in [6.45, 7) is -0.554. The van der Waals surface area contributed by atoms with Crippen LogP contribution in [0, 0.1) is 0 Å². The molecule has 13 heteroatoms. The van der Waals surface area contributed by atoms with Crippen molar-refractivity contribution in [3.8, 4) is 0 Å². The molecule has 11 nitrogen and oxygen atoms in total. The summed E-state index contributed by atoms with van der Waals surface area (Å²) in [7, 11) is -4.00. The van der Waals surface area contributed by atoms with Gasteiger partial charge in [0.1, 0.15) is 11.5 Å². The van der Waals surface area contributed by atoms with Crippen molar-refractivity contribution in [3.05, 3.63) is 119 Å². The van der Waals surface area contributed by atoms with Gasteiger partial charge in [-0.25, -0.2) is 13.8 Å². The van der Waals surface area contributed by atoms with E-state index in [9.17, 15) is 22.8 Å². The van der Waals surface area contributed by atoms with Gasteiger partial charge in [-0.1, -0.05) is 64.5 Å². The van der Waals surface area contributed by atoms with Gasteiger partial charge in [-0.3, -0.25) is 14.4 Å². The molecule has 4 aromatic rings. The van der Waals surface area contributed by atoms with Crippen molar-refractivity contribution in [3.63, 3.8) is 0 Å². The minimum Gasteiger partial charge on any atom is -0.458 e. The SMILES string of the molecule is O=C(CN(Cc1ccccc1)S(=O)(=O)c1ccc(Br)cc1)N/N=C\c1ccc(CNC(=O)C(=O)Nc2ccccc2)o1. The van der Waals surface area contributed by atoms with Gasteiger partial charge < -0.3 is 15.1 Å². The van der Waals surface area contributed by atoms with Gasteiger partial charge in [0.2, 0.25) is 10.0 Å². The number of benzene rings is 3. The predicted octanol–water partition coefficient (Wildman–Crippen LogP) is 3.64. The molecule has 4 rings (SSSR count). The van der Waals surface area contributed by atoms with E-state index in [1.54, 1.807) is 78.9 Å². The van der Waals surface area contributed by atoms with Crippen LogP contribution >= 0.6 is 15.9 Å². The molecule has 0 bridgehead atoms. The molecule has 3 N–H and O–H groups in total. The number of furan rings is 1. The third-order valence-corrected chi connectivity index (χ3v) is 8.03. The molecule has 42 heavy (non-hydrogen) atoms. The van der Waals surface area contributed by atoms with Crippen molar-refractivity contribution >= 4 is 55.6 Å². The molecule has 0 aliphatic rings. The zero-order valence-corrected chi connectivity index (χ0v) is 24.5. The number of amides is 3. The Morgan fingerprint density at radius 1 is 0.857 bits per heavy atom. The van der Waals surface area contributed by atoms with Crippen LogP contribution < -0.4 is 16.1 Å². The molecule has 0 radical (unpaired) electrons. The summed E-state index contributed by atoms with van der Waals surface area (Å²) >= 11 is 3.29. The topological polar surface area (TPSA) is 150 Å². The monoisotopic (exact) mass is 651 g/mol. The minimum atomic E-state index is -4.00. The lowest BCUT2D eigenvalue weighted by molar-refractivity contribution is -0.136. The van der Waals surface area contributed by atoms with E-state index in [-0.39, 0.29) is 23.7 Å². The largest absolute Gasteiger partial charge is 0.458 e. The number of hydrogen-bond acceptors (Lipinski definition) is 7. The Morgan fingerprint density at radius 2 is 1.52 bits per heavy atom. The van der Waals surface area contributed by atoms with Crippen molar-refractivity contribution < 1.29 is 27.2 Å². The van der Waals surface area contributed by atoms with E-state index in [1.165, 1.54) is 18.3 Å². The Hall–Kier alpha value is -4.59. The van der Waals surface area contributed by atoms with E-state index in [4.69, 9.17) is 4.42 Å². The van der Waals surface area contributed by atoms with E-state index < -0.39 is 34.3 Å². The number of nitrogens with one attached hydrogen (secondary N) is 3. The molecule has 0 aliphatic heterocycles. The number of para-hydroxylation sites is 1. The fourth-order valence-corrected chi connectivity index (χ4v) is 5.30. The Kier molecular flexibility index (Phi) is 10.4. The fraction of sp³-hybridized carbons (Fsp3) is 0.103. The second-order valence-corrected chi connectivity index (χ2v) is 11.7. The molecule has 3 aromatic carbocycles. The Bertz CT molecular complexity index is 1660. The van der Waals surface area contributed by atoms with Gasteiger partial charge in [0.15, 0.2) is 0 Å². The molecular weight excluding hydrogens is 626 g/mol. The van der Waals surface area contributed by atoms with Crippen LogP contribution in [0.25, 0.3) is 0 Å². The number of halogens is 1. The first-order chi connectivity index (χ1) is 20.2. The summed E-state index contributed by atoms with van der Waals surface area (Å²) in [4.78, 5) is 36.8. The Labute approximate surface area is 250 Å². The van der Waals surface area contributed by atoms with Crippen molar-refractivity contribution in [2.45, 2.75) is 18.0 Å². The number of anilines is 1. The van der Waals surface area contributed by atoms with Crippen molar-refractivity contribution in [2.24, 2.45) is 5.10 Å². The lowest BCUT2D eigenvalue weighted by Gasteiger charge is -2.21. The van der Waals surface area contributed by atoms with E-state index >= 15 is 0 Å². The molecule has 1 heterocycles. The molecular formula is C29H26BrN5O6S. The average molecular weight is 653 g/mol. The standard InChI is InChI=1S/C29H26BrN5O6S/c30-22-11-15-26(16-12-22)42(39,40)35(19-21-7-3-1-4-8-21)20-27(36)34-32-18-25-14-13-24(41-25)17-31-28(37)29(38)33-23-9-5-2-6-10-23/h1-16,18H,17,19-20H2,(H,31,37)(H,33,38)(H,34,36)/b32-18-. The van der Waals surface area contributed by atoms with Gasteiger partial charge in [-0.2, -0.15) is 9.41 Å². The van der Waals surface area contributed by atoms with E-state index in [0.29, 0.717) is 17.0 Å². The van der Waals surface area contributed by atoms with E-state index in [1.807, 2.05) is 6.07 Å². The lowest BCUT2D eigenvalue weighted by atomic mass is 10.2. The number of hydrogen-bond donors (Lipinski definition) is 3. The van der Waals surface area contributed by atoms with Crippen LogP contribution in [-0.2, 0) is 37.5 Å². The maximum absolute atomic E-state index is 13.3. The maximum Gasteiger partial charge on any atom is 0.313 e. The highest BCUT2D eigenvalue weighted by molar-refractivity contribution is 9.10. The van der Waals surface area contributed by atoms with Crippen molar-refractivity contribution in [1.82, 2.24) is 15.0 Å². The summed E-state index contributed by atoms with van der Waals surface area (Å²) < 4.78 is 34.0. The van der Waals surface area contributed by atoms with Crippen LogP contribution in [0.15, 0.2) is 116 Å². The molecule has 0 unspecified atom stereocenters. The molecule has 0 saturated heterocycles. The van der Waals surface area contributed by atoms with E-state index in [2.05, 4.69) is 37.1 Å². The molecule has 1 aromatic heterocycles. The number of carbonyl (C=O) groups excluding carboxylic acids is 3. The lowest BCUT2D eigenvalue weighted by Crippen LogP contribution is -2.39. The third kappa shape index (κ3) is 8.70. The number of nitrogens with zero attached hydrogens (tertiary/aromatic N) is 2. The van der Waals surface area contributed by atoms with Crippen molar-refractivity contribution in [1.29, 1.82) is 0 Å². The summed E-state index contributed by atoms with van der Waals surface area (Å²) in [6.07, 6.45) is 1.23. The Balaban J connectivity index is 1.32. The second kappa shape index (κ2) is 14.3. The van der Waals surface area contributed by atoms with Gasteiger partial charge in [-0.05, 0) is 54.1 Å². The van der Waals surface area contributed by atoms with Gasteiger partial charge in [-0.15, -0.1) is 0 Å². The van der Waals surface area contributed by atoms with Crippen LogP contribution in [0.4, 0.5) is 5.69 Å². The smallest absolute Gasteiger partial charge is 0.313 e. The van der Waals surface area contributed by atoms with Crippen molar-refractivity contribution in [2.75, 3.05) is 11.9 Å². The highest BCUT2D eigenvalue weighted by Gasteiger charge is 2.27. The highest BCUT2D eigenvalue weighted by Crippen LogP contribution is 2.20. The summed E-state index contributed by atoms with van der Waals surface area (Å²) in [6, 6.07) is 26.8. The first kappa shape index (κ1) is 30.4. The molecule has 0 saturated carbocycles. The summed E-state index contributed by atoms with van der Waals surface area (Å²) in [5.41, 5.74) is 3.51. The highest BCUT2D eigenvalue weighted by atomic mass is 79.9. The van der Waals surface area contributed by atoms with Crippen LogP contribution in [0.5, 0.6) is 0 Å². The normalized spacial score (nSPS) is 11.4. The zero-order chi connectivity index (χ0) is 30.0. The molecule has 3 amide bonds. The molecule has 0 atom stereocenters. The van der Waals surface area contributed by atoms with Crippen LogP contribution in [0.2, 0.25) is 0 Å². The van der Waals surface area contributed by atoms with Gasteiger partial charge in [0.25, 0.3) is 5.91 Å². The van der Waals surface area contributed by atoms with Gasteiger partial charge in [0.05, 0.1) is 24.2 Å². The molecule has 0 fully saturated rings. The molecule has 0 aliphatic carbocycles. The molecule has 216 valence electrons. The fourth-order valence-electron chi connectivity index (χ4n) is 3.65. The Morgan fingerprint density at radius 3 is 2.21 bits per heavy atom. The van der Waals surface area contributed by atoms with Gasteiger partial charge in [0, 0.05) is 16.7 Å². The summed E-state index contributed by atoms with van der Waals surface area (Å²) in [5.74, 6) is -1.71. The number of hydrazone groups is 1. The first-order valence-corrected chi connectivity index (χ1v) is 14.8. The van der Waals surface area contributed by atoms with Crippen LogP contribution in [-0.4, -0.2) is 43.2 Å². The number of rotatable bonds is 11. The average Bonchev–Trinajstić information content (AvgIpc) is 3.44. The third-order valence-electron chi connectivity index (χ3n) is 5.70. The molecule has 0 spiro atoms. The minimum absolute atomic E-state index is 0.0208. The first-order valence-electron chi connectivity index (χ1n) is 12.6. The maximum atomic E-state index is 13.3. The second-order valence-electron chi connectivity index (χ2n) is 8.81. The number of sulfonamides is 1. The van der Waals surface area contributed by atoms with Crippen LogP contribution in [0.3, 0.4) is 0 Å². The number of carbonyl (C=O) groups is 3. The zero-order valence-electron chi connectivity index (χ0n) is 22.1. The van der Waals surface area contributed by atoms with Gasteiger partial charge >= 0.3 is 11.8 Å². The quantitative estimate of drug-likeness (QED) is 0.128. The summed E-state index contributed by atoms with van der Waals surface area (Å²) in [5, 5.41) is 8.79. The van der Waals surface area contributed by atoms with Crippen LogP contribution in [0.1, 0.15) is 17.1 Å². The predicted molar refractivity (Wildman–Crippen MR) is 160 cm³/mol.